The Bertz CT molecular complexity index is 411. The lowest BCUT2D eigenvalue weighted by atomic mass is 10.2. The van der Waals surface area contributed by atoms with Gasteiger partial charge in [-0.15, -0.1) is 0 Å². The van der Waals surface area contributed by atoms with Crippen molar-refractivity contribution >= 4 is 11.9 Å². The van der Waals surface area contributed by atoms with Gasteiger partial charge >= 0.3 is 11.9 Å². The minimum Gasteiger partial charge on any atom is -0.478 e. The van der Waals surface area contributed by atoms with Gasteiger partial charge in [-0.2, -0.15) is 0 Å². The Morgan fingerprint density at radius 2 is 1.60 bits per heavy atom. The second-order valence-corrected chi connectivity index (χ2v) is 4.01. The van der Waals surface area contributed by atoms with Crippen LogP contribution >= 0.6 is 0 Å². The number of carbonyl (C=O) groups excluding carboxylic acids is 1. The van der Waals surface area contributed by atoms with Crippen molar-refractivity contribution in [2.45, 2.75) is 34.0 Å². The Morgan fingerprint density at radius 3 is 1.80 bits per heavy atom. The van der Waals surface area contributed by atoms with Crippen molar-refractivity contribution in [1.82, 2.24) is 0 Å². The molecule has 6 nitrogen and oxygen atoms in total. The predicted molar refractivity (Wildman–Crippen MR) is 74.8 cm³/mol. The van der Waals surface area contributed by atoms with Crippen LogP contribution in [0.15, 0.2) is 34.9 Å². The number of allylic oxidation sites excluding steroid dienone is 4. The number of hydrogen-bond donors (Lipinski definition) is 3. The van der Waals surface area contributed by atoms with E-state index >= 15 is 0 Å². The second kappa shape index (κ2) is 11.0. The van der Waals surface area contributed by atoms with Crippen LogP contribution in [0, 0.1) is 0 Å². The second-order valence-electron chi connectivity index (χ2n) is 4.01. The van der Waals surface area contributed by atoms with Crippen LogP contribution in [-0.2, 0) is 14.3 Å². The molecule has 0 radical (unpaired) electrons. The minimum atomic E-state index is -1.88. The van der Waals surface area contributed by atoms with Crippen molar-refractivity contribution in [2.75, 3.05) is 7.11 Å². The zero-order valence-corrected chi connectivity index (χ0v) is 12.4. The first kappa shape index (κ1) is 20.4. The van der Waals surface area contributed by atoms with Gasteiger partial charge in [-0.1, -0.05) is 23.8 Å². The monoisotopic (exact) mass is 286 g/mol. The molecule has 0 aliphatic carbocycles. The molecule has 0 fully saturated rings. The molecule has 20 heavy (non-hydrogen) atoms. The average Bonchev–Trinajstić information content (AvgIpc) is 2.35. The number of hydrogen-bond acceptors (Lipinski definition) is 5. The molecule has 0 heterocycles. The Morgan fingerprint density at radius 1 is 1.10 bits per heavy atom. The summed E-state index contributed by atoms with van der Waals surface area (Å²) in [5, 5.41) is 24.7. The zero-order valence-electron chi connectivity index (χ0n) is 12.4. The van der Waals surface area contributed by atoms with E-state index in [1.165, 1.54) is 14.0 Å². The first-order chi connectivity index (χ1) is 9.17. The summed E-state index contributed by atoms with van der Waals surface area (Å²) in [5.74, 6) is -1.59. The van der Waals surface area contributed by atoms with Crippen molar-refractivity contribution in [3.63, 3.8) is 0 Å². The third kappa shape index (κ3) is 10.0. The highest BCUT2D eigenvalue weighted by Gasteiger charge is 2.12. The summed E-state index contributed by atoms with van der Waals surface area (Å²) < 4.78 is 4.51. The van der Waals surface area contributed by atoms with E-state index in [0.717, 1.165) is 11.6 Å². The van der Waals surface area contributed by atoms with Crippen LogP contribution in [0.5, 0.6) is 0 Å². The number of carboxylic acids is 1. The smallest absolute Gasteiger partial charge is 0.336 e. The highest BCUT2D eigenvalue weighted by molar-refractivity contribution is 5.88. The molecule has 6 heteroatoms. The number of methoxy groups -OCH3 is 1. The van der Waals surface area contributed by atoms with Crippen molar-refractivity contribution < 1.29 is 29.6 Å². The third-order valence-electron chi connectivity index (χ3n) is 2.01. The van der Waals surface area contributed by atoms with E-state index in [-0.39, 0.29) is 5.97 Å². The molecule has 0 aliphatic rings. The van der Waals surface area contributed by atoms with Gasteiger partial charge in [0.25, 0.3) is 0 Å². The number of carbonyl (C=O) groups is 2. The average molecular weight is 286 g/mol. The fourth-order valence-corrected chi connectivity index (χ4v) is 0.904. The van der Waals surface area contributed by atoms with Gasteiger partial charge in [-0.25, -0.2) is 9.59 Å². The minimum absolute atomic E-state index is 0.275. The maximum absolute atomic E-state index is 10.8. The summed E-state index contributed by atoms with van der Waals surface area (Å²) in [7, 11) is 1.38. The van der Waals surface area contributed by atoms with Crippen LogP contribution in [0.4, 0.5) is 0 Å². The van der Waals surface area contributed by atoms with Crippen molar-refractivity contribution in [3.05, 3.63) is 34.9 Å². The largest absolute Gasteiger partial charge is 0.478 e. The molecule has 0 aromatic carbocycles. The van der Waals surface area contributed by atoms with Gasteiger partial charge in [0.05, 0.1) is 12.7 Å². The lowest BCUT2D eigenvalue weighted by Gasteiger charge is -2.00. The predicted octanol–water partition coefficient (Wildman–Crippen LogP) is 1.40. The molecular formula is C14H22O6. The van der Waals surface area contributed by atoms with Crippen LogP contribution in [0.3, 0.4) is 0 Å². The molecule has 0 rings (SSSR count). The van der Waals surface area contributed by atoms with Crippen molar-refractivity contribution in [3.8, 4) is 0 Å². The Hall–Kier alpha value is -1.92. The first-order valence-corrected chi connectivity index (χ1v) is 5.83. The van der Waals surface area contributed by atoms with E-state index < -0.39 is 17.8 Å². The van der Waals surface area contributed by atoms with Gasteiger partial charge in [0.15, 0.2) is 6.29 Å². The van der Waals surface area contributed by atoms with Gasteiger partial charge in [-0.05, 0) is 27.7 Å². The number of aliphatic hydroxyl groups excluding tert-OH is 1. The third-order valence-corrected chi connectivity index (χ3v) is 2.01. The summed E-state index contributed by atoms with van der Waals surface area (Å²) >= 11 is 0. The molecule has 0 saturated heterocycles. The van der Waals surface area contributed by atoms with Gasteiger partial charge in [0, 0.05) is 5.57 Å². The fourth-order valence-electron chi connectivity index (χ4n) is 0.904. The molecular weight excluding hydrogens is 264 g/mol. The molecule has 0 unspecified atom stereocenters. The highest BCUT2D eigenvalue weighted by atomic mass is 16.5. The SMILES string of the molecule is CC=C(C(=O)O)C(O)O.COC(=O)C(C)=CC=C(C)C. The number of aliphatic carboxylic acids is 1. The first-order valence-electron chi connectivity index (χ1n) is 5.83. The highest BCUT2D eigenvalue weighted by Crippen LogP contribution is 1.98. The maximum Gasteiger partial charge on any atom is 0.336 e. The van der Waals surface area contributed by atoms with E-state index in [1.807, 2.05) is 19.9 Å². The molecule has 0 atom stereocenters. The van der Waals surface area contributed by atoms with Gasteiger partial charge in [0.1, 0.15) is 0 Å². The molecule has 0 amide bonds. The molecule has 3 N–H and O–H groups in total. The van der Waals surface area contributed by atoms with E-state index in [2.05, 4.69) is 4.74 Å². The summed E-state index contributed by atoms with van der Waals surface area (Å²) in [5.41, 5.74) is 1.37. The zero-order chi connectivity index (χ0) is 16.3. The summed E-state index contributed by atoms with van der Waals surface area (Å²) in [6, 6.07) is 0. The topological polar surface area (TPSA) is 104 Å². The summed E-state index contributed by atoms with van der Waals surface area (Å²) in [6.07, 6.45) is 2.88. The van der Waals surface area contributed by atoms with Gasteiger partial charge in [0.2, 0.25) is 0 Å². The number of rotatable bonds is 4. The molecule has 0 aromatic heterocycles. The van der Waals surface area contributed by atoms with Gasteiger partial charge in [-0.3, -0.25) is 0 Å². The number of aliphatic hydroxyl groups is 2. The normalized spacial score (nSPS) is 11.4. The van der Waals surface area contributed by atoms with E-state index in [1.54, 1.807) is 13.0 Å². The van der Waals surface area contributed by atoms with Crippen LogP contribution in [0.2, 0.25) is 0 Å². The van der Waals surface area contributed by atoms with Crippen molar-refractivity contribution in [2.24, 2.45) is 0 Å². The number of ether oxygens (including phenoxy) is 1. The van der Waals surface area contributed by atoms with E-state index in [4.69, 9.17) is 15.3 Å². The lowest BCUT2D eigenvalue weighted by Crippen LogP contribution is -2.16. The van der Waals surface area contributed by atoms with Crippen LogP contribution in [0.25, 0.3) is 0 Å². The molecule has 0 saturated carbocycles. The van der Waals surface area contributed by atoms with Crippen LogP contribution < -0.4 is 0 Å². The van der Waals surface area contributed by atoms with Gasteiger partial charge < -0.3 is 20.1 Å². The molecule has 114 valence electrons. The number of carboxylic acid groups (broad SMARTS) is 1. The fraction of sp³-hybridized carbons (Fsp3) is 0.429. The molecule has 0 aliphatic heterocycles. The number of esters is 1. The Balaban J connectivity index is 0. The summed E-state index contributed by atoms with van der Waals surface area (Å²) in [4.78, 5) is 20.8. The van der Waals surface area contributed by atoms with Crippen molar-refractivity contribution in [1.29, 1.82) is 0 Å². The van der Waals surface area contributed by atoms with Crippen LogP contribution in [-0.4, -0.2) is 40.7 Å². The summed E-state index contributed by atoms with van der Waals surface area (Å²) in [6.45, 7) is 7.09. The molecule has 0 aromatic rings. The van der Waals surface area contributed by atoms with E-state index in [9.17, 15) is 9.59 Å². The standard InChI is InChI=1S/C9H14O2.C5H8O4/c1-7(2)5-6-8(3)9(10)11-4;1-2-3(4(6)7)5(8)9/h5-6H,1-4H3;2,4,6-7H,1H3,(H,8,9). The van der Waals surface area contributed by atoms with E-state index in [0.29, 0.717) is 5.57 Å². The molecule has 0 spiro atoms. The Labute approximate surface area is 118 Å². The lowest BCUT2D eigenvalue weighted by molar-refractivity contribution is -0.137. The Kier molecular flexibility index (Phi) is 11.2. The quantitative estimate of drug-likeness (QED) is 0.312. The maximum atomic E-state index is 10.8. The molecule has 0 bridgehead atoms. The van der Waals surface area contributed by atoms with Crippen LogP contribution in [0.1, 0.15) is 27.7 Å².